The Kier molecular flexibility index (Phi) is 2.72. The Hall–Kier alpha value is -0.120. The van der Waals surface area contributed by atoms with Crippen LogP contribution in [0.1, 0.15) is 34.1 Å². The molecule has 3 nitrogen and oxygen atoms in total. The third-order valence-corrected chi connectivity index (χ3v) is 3.45. The summed E-state index contributed by atoms with van der Waals surface area (Å²) in [7, 11) is 0. The quantitative estimate of drug-likeness (QED) is 0.675. The average Bonchev–Trinajstić information content (AvgIpc) is 2.25. The van der Waals surface area contributed by atoms with Gasteiger partial charge in [0.2, 0.25) is 0 Å². The Morgan fingerprint density at radius 1 is 1.54 bits per heavy atom. The molecule has 1 aliphatic heterocycles. The molecular formula is C10H21NO2. The minimum atomic E-state index is -0.772. The summed E-state index contributed by atoms with van der Waals surface area (Å²) in [4.78, 5) is 0. The third-order valence-electron chi connectivity index (χ3n) is 3.45. The van der Waals surface area contributed by atoms with Crippen LogP contribution in [-0.4, -0.2) is 29.5 Å². The van der Waals surface area contributed by atoms with E-state index in [4.69, 9.17) is 10.5 Å². The van der Waals surface area contributed by atoms with Crippen molar-refractivity contribution in [2.75, 3.05) is 6.54 Å². The zero-order chi connectivity index (χ0) is 10.3. The highest BCUT2D eigenvalue weighted by atomic mass is 16.5. The topological polar surface area (TPSA) is 55.5 Å². The zero-order valence-electron chi connectivity index (χ0n) is 9.00. The predicted octanol–water partition coefficient (Wildman–Crippen LogP) is 0.900. The molecule has 0 amide bonds. The molecule has 1 rings (SSSR count). The molecule has 3 heteroatoms. The van der Waals surface area contributed by atoms with Gasteiger partial charge in [-0.15, -0.1) is 0 Å². The van der Waals surface area contributed by atoms with E-state index < -0.39 is 5.60 Å². The summed E-state index contributed by atoms with van der Waals surface area (Å²) in [6.45, 7) is 8.13. The molecule has 0 radical (unpaired) electrons. The van der Waals surface area contributed by atoms with E-state index >= 15 is 0 Å². The second-order valence-electron chi connectivity index (χ2n) is 4.71. The first kappa shape index (κ1) is 11.0. The van der Waals surface area contributed by atoms with E-state index in [1.807, 2.05) is 27.7 Å². The van der Waals surface area contributed by atoms with Gasteiger partial charge in [-0.05, 0) is 34.1 Å². The molecule has 0 bridgehead atoms. The fourth-order valence-electron chi connectivity index (χ4n) is 2.45. The summed E-state index contributed by atoms with van der Waals surface area (Å²) in [6, 6.07) is 0. The molecule has 0 spiro atoms. The minimum absolute atomic E-state index is 0.0347. The van der Waals surface area contributed by atoms with E-state index in [1.54, 1.807) is 0 Å². The van der Waals surface area contributed by atoms with Crippen molar-refractivity contribution in [3.63, 3.8) is 0 Å². The molecule has 1 aliphatic rings. The number of rotatable bonds is 2. The first-order chi connectivity index (χ1) is 5.83. The molecule has 0 aromatic heterocycles. The fraction of sp³-hybridized carbons (Fsp3) is 1.00. The van der Waals surface area contributed by atoms with E-state index in [1.165, 1.54) is 0 Å². The van der Waals surface area contributed by atoms with Gasteiger partial charge in [0.15, 0.2) is 0 Å². The van der Waals surface area contributed by atoms with Gasteiger partial charge in [0.05, 0.1) is 17.8 Å². The van der Waals surface area contributed by atoms with E-state index in [0.29, 0.717) is 6.54 Å². The number of aliphatic hydroxyl groups is 1. The van der Waals surface area contributed by atoms with Gasteiger partial charge in [-0.25, -0.2) is 0 Å². The van der Waals surface area contributed by atoms with Crippen LogP contribution >= 0.6 is 0 Å². The highest BCUT2D eigenvalue weighted by Gasteiger charge is 2.52. The Bertz CT molecular complexity index is 188. The van der Waals surface area contributed by atoms with Crippen molar-refractivity contribution in [1.82, 2.24) is 0 Å². The SMILES string of the molecule is CC1CC(CN)(C(C)(C)O)C(C)O1. The number of ether oxygens (including phenoxy) is 1. The molecule has 13 heavy (non-hydrogen) atoms. The molecule has 0 aromatic carbocycles. The molecule has 1 saturated heterocycles. The summed E-state index contributed by atoms with van der Waals surface area (Å²) in [5.74, 6) is 0. The van der Waals surface area contributed by atoms with Crippen molar-refractivity contribution in [3.05, 3.63) is 0 Å². The molecule has 1 fully saturated rings. The van der Waals surface area contributed by atoms with Gasteiger partial charge in [0, 0.05) is 12.0 Å². The van der Waals surface area contributed by atoms with E-state index in [-0.39, 0.29) is 17.6 Å². The summed E-state index contributed by atoms with van der Waals surface area (Å²) in [5, 5.41) is 10.1. The molecule has 0 saturated carbocycles. The van der Waals surface area contributed by atoms with Crippen LogP contribution in [0.2, 0.25) is 0 Å². The van der Waals surface area contributed by atoms with E-state index in [0.717, 1.165) is 6.42 Å². The summed E-state index contributed by atoms with van der Waals surface area (Å²) >= 11 is 0. The van der Waals surface area contributed by atoms with Crippen LogP contribution < -0.4 is 5.73 Å². The van der Waals surface area contributed by atoms with Crippen LogP contribution in [0.25, 0.3) is 0 Å². The van der Waals surface area contributed by atoms with Crippen LogP contribution in [-0.2, 0) is 4.74 Å². The van der Waals surface area contributed by atoms with Crippen LogP contribution in [0.4, 0.5) is 0 Å². The van der Waals surface area contributed by atoms with Crippen molar-refractivity contribution >= 4 is 0 Å². The lowest BCUT2D eigenvalue weighted by Crippen LogP contribution is -2.52. The highest BCUT2D eigenvalue weighted by Crippen LogP contribution is 2.45. The van der Waals surface area contributed by atoms with Crippen molar-refractivity contribution < 1.29 is 9.84 Å². The first-order valence-electron chi connectivity index (χ1n) is 4.91. The smallest absolute Gasteiger partial charge is 0.0685 e. The Morgan fingerprint density at radius 3 is 2.23 bits per heavy atom. The van der Waals surface area contributed by atoms with Gasteiger partial charge in [-0.2, -0.15) is 0 Å². The molecule has 78 valence electrons. The maximum Gasteiger partial charge on any atom is 0.0685 e. The van der Waals surface area contributed by atoms with Crippen LogP contribution in [0, 0.1) is 5.41 Å². The Morgan fingerprint density at radius 2 is 2.08 bits per heavy atom. The lowest BCUT2D eigenvalue weighted by molar-refractivity contribution is -0.0857. The van der Waals surface area contributed by atoms with Crippen LogP contribution in [0.15, 0.2) is 0 Å². The van der Waals surface area contributed by atoms with Gasteiger partial charge in [-0.3, -0.25) is 0 Å². The maximum absolute atomic E-state index is 10.1. The van der Waals surface area contributed by atoms with Crippen molar-refractivity contribution in [3.8, 4) is 0 Å². The first-order valence-corrected chi connectivity index (χ1v) is 4.91. The monoisotopic (exact) mass is 187 g/mol. The Labute approximate surface area is 80.3 Å². The Balaban J connectivity index is 2.94. The lowest BCUT2D eigenvalue weighted by Gasteiger charge is -2.41. The number of nitrogens with two attached hydrogens (primary N) is 1. The van der Waals surface area contributed by atoms with E-state index in [2.05, 4.69) is 0 Å². The van der Waals surface area contributed by atoms with Crippen molar-refractivity contribution in [1.29, 1.82) is 0 Å². The van der Waals surface area contributed by atoms with Crippen molar-refractivity contribution in [2.45, 2.75) is 51.9 Å². The summed E-state index contributed by atoms with van der Waals surface area (Å²) in [6.07, 6.45) is 1.08. The molecule has 0 aromatic rings. The standard InChI is InChI=1S/C10H21NO2/c1-7-5-10(6-11,8(2)13-7)9(3,4)12/h7-8,12H,5-6,11H2,1-4H3. The number of hydrogen-bond acceptors (Lipinski definition) is 3. The average molecular weight is 187 g/mol. The molecule has 3 N–H and O–H groups in total. The predicted molar refractivity (Wildman–Crippen MR) is 52.4 cm³/mol. The van der Waals surface area contributed by atoms with Gasteiger partial charge < -0.3 is 15.6 Å². The summed E-state index contributed by atoms with van der Waals surface area (Å²) < 4.78 is 5.65. The minimum Gasteiger partial charge on any atom is -0.390 e. The fourth-order valence-corrected chi connectivity index (χ4v) is 2.45. The molecule has 3 unspecified atom stereocenters. The molecule has 3 atom stereocenters. The number of hydrogen-bond donors (Lipinski definition) is 2. The third kappa shape index (κ3) is 1.60. The second kappa shape index (κ2) is 3.23. The summed E-state index contributed by atoms with van der Waals surface area (Å²) in [5.41, 5.74) is 4.71. The van der Waals surface area contributed by atoms with Crippen LogP contribution in [0.5, 0.6) is 0 Å². The zero-order valence-corrected chi connectivity index (χ0v) is 9.00. The maximum atomic E-state index is 10.1. The molecule has 0 aliphatic carbocycles. The highest BCUT2D eigenvalue weighted by molar-refractivity contribution is 5.03. The molecule has 1 heterocycles. The lowest BCUT2D eigenvalue weighted by atomic mass is 9.68. The molecular weight excluding hydrogens is 166 g/mol. The van der Waals surface area contributed by atoms with Gasteiger partial charge in [0.25, 0.3) is 0 Å². The largest absolute Gasteiger partial charge is 0.390 e. The van der Waals surface area contributed by atoms with Gasteiger partial charge >= 0.3 is 0 Å². The van der Waals surface area contributed by atoms with Crippen molar-refractivity contribution in [2.24, 2.45) is 11.1 Å². The van der Waals surface area contributed by atoms with E-state index in [9.17, 15) is 5.11 Å². The normalized spacial score (nSPS) is 41.1. The van der Waals surface area contributed by atoms with Crippen LogP contribution in [0.3, 0.4) is 0 Å². The van der Waals surface area contributed by atoms with Gasteiger partial charge in [-0.1, -0.05) is 0 Å². The van der Waals surface area contributed by atoms with Gasteiger partial charge in [0.1, 0.15) is 0 Å². The second-order valence-corrected chi connectivity index (χ2v) is 4.71.